The van der Waals surface area contributed by atoms with Crippen molar-refractivity contribution in [2.75, 3.05) is 0 Å². The molecule has 0 aliphatic carbocycles. The highest BCUT2D eigenvalue weighted by molar-refractivity contribution is 6.30. The second-order valence-corrected chi connectivity index (χ2v) is 5.10. The summed E-state index contributed by atoms with van der Waals surface area (Å²) in [4.78, 5) is 21.7. The second-order valence-electron chi connectivity index (χ2n) is 4.72. The van der Waals surface area contributed by atoms with E-state index >= 15 is 0 Å². The van der Waals surface area contributed by atoms with E-state index in [1.165, 1.54) is 6.07 Å². The number of pyridine rings is 1. The molecule has 0 aliphatic rings. The van der Waals surface area contributed by atoms with Gasteiger partial charge in [0, 0.05) is 5.39 Å². The SMILES string of the molecule is O=C(NOCc1ccccc1)c1cc(Cl)nc2ccccc12. The van der Waals surface area contributed by atoms with Gasteiger partial charge in [-0.15, -0.1) is 0 Å². The molecule has 0 saturated heterocycles. The summed E-state index contributed by atoms with van der Waals surface area (Å²) >= 11 is 5.97. The predicted octanol–water partition coefficient (Wildman–Crippen LogP) is 3.75. The molecular formula is C17H13ClN2O2. The first kappa shape index (κ1) is 14.5. The second kappa shape index (κ2) is 6.56. The first-order valence-corrected chi connectivity index (χ1v) is 7.13. The summed E-state index contributed by atoms with van der Waals surface area (Å²) in [5.41, 5.74) is 4.52. The Labute approximate surface area is 132 Å². The molecular weight excluding hydrogens is 300 g/mol. The lowest BCUT2D eigenvalue weighted by atomic mass is 10.1. The van der Waals surface area contributed by atoms with E-state index in [1.807, 2.05) is 54.6 Å². The van der Waals surface area contributed by atoms with Crippen molar-refractivity contribution in [2.45, 2.75) is 6.61 Å². The minimum atomic E-state index is -0.351. The lowest BCUT2D eigenvalue weighted by Gasteiger charge is -2.08. The van der Waals surface area contributed by atoms with E-state index in [0.29, 0.717) is 17.7 Å². The Hall–Kier alpha value is -2.43. The highest BCUT2D eigenvalue weighted by atomic mass is 35.5. The molecule has 3 aromatic rings. The number of carbonyl (C=O) groups is 1. The lowest BCUT2D eigenvalue weighted by Crippen LogP contribution is -2.24. The van der Waals surface area contributed by atoms with Crippen LogP contribution in [0.15, 0.2) is 60.7 Å². The third-order valence-electron chi connectivity index (χ3n) is 3.18. The molecule has 0 saturated carbocycles. The van der Waals surface area contributed by atoms with E-state index in [1.54, 1.807) is 0 Å². The Morgan fingerprint density at radius 3 is 2.64 bits per heavy atom. The van der Waals surface area contributed by atoms with Crippen LogP contribution in [0.25, 0.3) is 10.9 Å². The van der Waals surface area contributed by atoms with Gasteiger partial charge in [-0.2, -0.15) is 0 Å². The summed E-state index contributed by atoms with van der Waals surface area (Å²) in [6, 6.07) is 18.5. The van der Waals surface area contributed by atoms with Crippen molar-refractivity contribution in [3.8, 4) is 0 Å². The number of aromatic nitrogens is 1. The van der Waals surface area contributed by atoms with Gasteiger partial charge in [-0.05, 0) is 17.7 Å². The summed E-state index contributed by atoms with van der Waals surface area (Å²) in [6.07, 6.45) is 0. The standard InChI is InChI=1S/C17H13ClN2O2/c18-16-10-14(13-8-4-5-9-15(13)19-16)17(21)20-22-11-12-6-2-1-3-7-12/h1-10H,11H2,(H,20,21). The van der Waals surface area contributed by atoms with E-state index in [2.05, 4.69) is 10.5 Å². The number of hydrogen-bond donors (Lipinski definition) is 1. The van der Waals surface area contributed by atoms with Gasteiger partial charge in [0.1, 0.15) is 5.15 Å². The Morgan fingerprint density at radius 1 is 1.09 bits per heavy atom. The Morgan fingerprint density at radius 2 is 1.82 bits per heavy atom. The quantitative estimate of drug-likeness (QED) is 0.589. The van der Waals surface area contributed by atoms with Crippen LogP contribution in [0.2, 0.25) is 5.15 Å². The van der Waals surface area contributed by atoms with Crippen LogP contribution < -0.4 is 5.48 Å². The molecule has 4 nitrogen and oxygen atoms in total. The van der Waals surface area contributed by atoms with Crippen molar-refractivity contribution in [2.24, 2.45) is 0 Å². The number of halogens is 1. The number of hydrogen-bond acceptors (Lipinski definition) is 3. The van der Waals surface area contributed by atoms with E-state index in [9.17, 15) is 4.79 Å². The zero-order chi connectivity index (χ0) is 15.4. The maximum absolute atomic E-state index is 12.3. The van der Waals surface area contributed by atoms with Crippen molar-refractivity contribution >= 4 is 28.4 Å². The van der Waals surface area contributed by atoms with Crippen molar-refractivity contribution in [1.29, 1.82) is 0 Å². The predicted molar refractivity (Wildman–Crippen MR) is 85.5 cm³/mol. The average molecular weight is 313 g/mol. The van der Waals surface area contributed by atoms with Crippen molar-refractivity contribution in [3.05, 3.63) is 76.9 Å². The van der Waals surface area contributed by atoms with Crippen LogP contribution in [0.3, 0.4) is 0 Å². The van der Waals surface area contributed by atoms with Crippen LogP contribution in [-0.2, 0) is 11.4 Å². The highest BCUT2D eigenvalue weighted by Gasteiger charge is 2.12. The van der Waals surface area contributed by atoms with Gasteiger partial charge >= 0.3 is 0 Å². The Bertz CT molecular complexity index is 806. The fraction of sp³-hybridized carbons (Fsp3) is 0.0588. The zero-order valence-corrected chi connectivity index (χ0v) is 12.4. The van der Waals surface area contributed by atoms with Crippen LogP contribution in [0.4, 0.5) is 0 Å². The number of amides is 1. The molecule has 110 valence electrons. The van der Waals surface area contributed by atoms with Crippen LogP contribution in [0.1, 0.15) is 15.9 Å². The fourth-order valence-corrected chi connectivity index (χ4v) is 2.35. The molecule has 0 atom stereocenters. The van der Waals surface area contributed by atoms with Gasteiger partial charge in [0.2, 0.25) is 0 Å². The Balaban J connectivity index is 1.75. The van der Waals surface area contributed by atoms with Crippen molar-refractivity contribution < 1.29 is 9.63 Å². The summed E-state index contributed by atoms with van der Waals surface area (Å²) in [7, 11) is 0. The first-order chi connectivity index (χ1) is 10.7. The molecule has 1 N–H and O–H groups in total. The summed E-state index contributed by atoms with van der Waals surface area (Å²) < 4.78 is 0. The minimum Gasteiger partial charge on any atom is -0.269 e. The van der Waals surface area contributed by atoms with E-state index in [-0.39, 0.29) is 11.1 Å². The average Bonchev–Trinajstić information content (AvgIpc) is 2.55. The van der Waals surface area contributed by atoms with Crippen molar-refractivity contribution in [1.82, 2.24) is 10.5 Å². The van der Waals surface area contributed by atoms with E-state index in [0.717, 1.165) is 10.9 Å². The molecule has 1 aromatic heterocycles. The topological polar surface area (TPSA) is 51.2 Å². The number of fused-ring (bicyclic) bond motifs is 1. The molecule has 2 aromatic carbocycles. The number of carbonyl (C=O) groups excluding carboxylic acids is 1. The number of benzene rings is 2. The number of hydroxylamine groups is 1. The number of nitrogens with one attached hydrogen (secondary N) is 1. The summed E-state index contributed by atoms with van der Waals surface area (Å²) in [5, 5.41) is 1.000. The third-order valence-corrected chi connectivity index (χ3v) is 3.37. The maximum atomic E-state index is 12.3. The molecule has 1 amide bonds. The van der Waals surface area contributed by atoms with Crippen LogP contribution in [-0.4, -0.2) is 10.9 Å². The monoisotopic (exact) mass is 312 g/mol. The van der Waals surface area contributed by atoms with E-state index < -0.39 is 0 Å². The van der Waals surface area contributed by atoms with Gasteiger partial charge in [0.25, 0.3) is 5.91 Å². The minimum absolute atomic E-state index is 0.270. The van der Waals surface area contributed by atoms with Gasteiger partial charge in [-0.3, -0.25) is 9.63 Å². The molecule has 1 heterocycles. The molecule has 3 rings (SSSR count). The molecule has 0 radical (unpaired) electrons. The number of para-hydroxylation sites is 1. The Kier molecular flexibility index (Phi) is 4.32. The number of nitrogens with zero attached hydrogens (tertiary/aromatic N) is 1. The molecule has 22 heavy (non-hydrogen) atoms. The van der Waals surface area contributed by atoms with Crippen molar-refractivity contribution in [3.63, 3.8) is 0 Å². The summed E-state index contributed by atoms with van der Waals surface area (Å²) in [6.45, 7) is 0.295. The first-order valence-electron chi connectivity index (χ1n) is 6.75. The molecule has 5 heteroatoms. The zero-order valence-electron chi connectivity index (χ0n) is 11.6. The lowest BCUT2D eigenvalue weighted by molar-refractivity contribution is 0.0235. The van der Waals surface area contributed by atoms with Crippen LogP contribution >= 0.6 is 11.6 Å². The molecule has 0 bridgehead atoms. The number of rotatable bonds is 4. The van der Waals surface area contributed by atoms with E-state index in [4.69, 9.17) is 16.4 Å². The fourth-order valence-electron chi connectivity index (χ4n) is 2.15. The third kappa shape index (κ3) is 3.24. The van der Waals surface area contributed by atoms with Crippen LogP contribution in [0, 0.1) is 0 Å². The maximum Gasteiger partial charge on any atom is 0.275 e. The molecule has 0 unspecified atom stereocenters. The van der Waals surface area contributed by atoms with Gasteiger partial charge in [-0.25, -0.2) is 10.5 Å². The summed E-state index contributed by atoms with van der Waals surface area (Å²) in [5.74, 6) is -0.351. The van der Waals surface area contributed by atoms with Gasteiger partial charge < -0.3 is 0 Å². The molecule has 0 aliphatic heterocycles. The molecule has 0 spiro atoms. The largest absolute Gasteiger partial charge is 0.275 e. The van der Waals surface area contributed by atoms with Gasteiger partial charge in [0.15, 0.2) is 0 Å². The molecule has 0 fully saturated rings. The van der Waals surface area contributed by atoms with Gasteiger partial charge in [0.05, 0.1) is 17.7 Å². The smallest absolute Gasteiger partial charge is 0.269 e. The normalized spacial score (nSPS) is 10.6. The van der Waals surface area contributed by atoms with Gasteiger partial charge in [-0.1, -0.05) is 60.1 Å². The highest BCUT2D eigenvalue weighted by Crippen LogP contribution is 2.20. The van der Waals surface area contributed by atoms with Crippen LogP contribution in [0.5, 0.6) is 0 Å².